The third-order valence-electron chi connectivity index (χ3n) is 5.10. The molecule has 140 valence electrons. The Bertz CT molecular complexity index is 1480. The first-order valence-corrected chi connectivity index (χ1v) is 9.66. The lowest BCUT2D eigenvalue weighted by atomic mass is 10.2. The molecule has 0 bridgehead atoms. The van der Waals surface area contributed by atoms with Crippen LogP contribution in [0, 0.1) is 6.92 Å². The summed E-state index contributed by atoms with van der Waals surface area (Å²) in [7, 11) is 3.12. The Labute approximate surface area is 163 Å². The van der Waals surface area contributed by atoms with Crippen molar-refractivity contribution in [1.82, 2.24) is 23.1 Å². The van der Waals surface area contributed by atoms with E-state index in [1.54, 1.807) is 22.8 Å². The van der Waals surface area contributed by atoms with E-state index in [4.69, 9.17) is 4.98 Å². The second-order valence-electron chi connectivity index (χ2n) is 6.77. The van der Waals surface area contributed by atoms with Gasteiger partial charge in [-0.05, 0) is 30.0 Å². The topological polar surface area (TPSA) is 66.2 Å². The van der Waals surface area contributed by atoms with Gasteiger partial charge in [-0.15, -0.1) is 11.3 Å². The summed E-state index contributed by atoms with van der Waals surface area (Å²) in [5.74, 6) is 0.603. The van der Waals surface area contributed by atoms with Gasteiger partial charge in [-0.1, -0.05) is 24.3 Å². The Morgan fingerprint density at radius 2 is 1.79 bits per heavy atom. The minimum atomic E-state index is -0.390. The van der Waals surface area contributed by atoms with Crippen LogP contribution in [0.3, 0.4) is 0 Å². The van der Waals surface area contributed by atoms with Crippen LogP contribution in [0.4, 0.5) is 0 Å². The smallest absolute Gasteiger partial charge is 0.279 e. The summed E-state index contributed by atoms with van der Waals surface area (Å²) in [6.45, 7) is 2.04. The van der Waals surface area contributed by atoms with Crippen LogP contribution in [-0.2, 0) is 14.1 Å². The molecule has 0 aliphatic rings. The molecular formula is C20H17N5O2S. The van der Waals surface area contributed by atoms with Gasteiger partial charge in [-0.25, -0.2) is 4.79 Å². The molecule has 4 aromatic heterocycles. The number of nitrogens with zero attached hydrogens (tertiary/aromatic N) is 5. The number of benzene rings is 1. The first-order chi connectivity index (χ1) is 13.5. The molecule has 5 aromatic rings. The van der Waals surface area contributed by atoms with Gasteiger partial charge in [-0.3, -0.25) is 22.9 Å². The molecule has 4 heterocycles. The standard InChI is InChI=1S/C20H17N5O2S/c1-12-7-4-5-8-13(12)25-14(15-9-6-10-28-15)11-24-16-17(21-19(24)25)22(2)20(27)23(3)18(16)26/h4-11H,1-3H3. The van der Waals surface area contributed by atoms with E-state index >= 15 is 0 Å². The van der Waals surface area contributed by atoms with Gasteiger partial charge in [0, 0.05) is 20.3 Å². The fourth-order valence-electron chi connectivity index (χ4n) is 3.62. The van der Waals surface area contributed by atoms with Crippen LogP contribution >= 0.6 is 11.3 Å². The molecule has 1 aromatic carbocycles. The van der Waals surface area contributed by atoms with Crippen molar-refractivity contribution in [1.29, 1.82) is 0 Å². The molecule has 0 saturated carbocycles. The van der Waals surface area contributed by atoms with Crippen molar-refractivity contribution in [2.75, 3.05) is 0 Å². The van der Waals surface area contributed by atoms with Gasteiger partial charge in [0.05, 0.1) is 16.3 Å². The van der Waals surface area contributed by atoms with Gasteiger partial charge >= 0.3 is 5.69 Å². The van der Waals surface area contributed by atoms with Crippen molar-refractivity contribution < 1.29 is 0 Å². The van der Waals surface area contributed by atoms with Crippen LogP contribution in [0.25, 0.3) is 33.2 Å². The SMILES string of the molecule is Cc1ccccc1-n1c(-c2cccs2)cn2c3c(=O)n(C)c(=O)n(C)c3nc12. The number of imidazole rings is 2. The highest BCUT2D eigenvalue weighted by Crippen LogP contribution is 2.32. The summed E-state index contributed by atoms with van der Waals surface area (Å²) >= 11 is 1.63. The summed E-state index contributed by atoms with van der Waals surface area (Å²) < 4.78 is 6.37. The second kappa shape index (κ2) is 5.80. The first kappa shape index (κ1) is 16.8. The first-order valence-electron chi connectivity index (χ1n) is 8.78. The van der Waals surface area contributed by atoms with Crippen LogP contribution in [0.2, 0.25) is 0 Å². The maximum Gasteiger partial charge on any atom is 0.332 e. The molecule has 8 heteroatoms. The van der Waals surface area contributed by atoms with Crippen molar-refractivity contribution in [3.05, 3.63) is 74.4 Å². The molecule has 0 aliphatic carbocycles. The minimum absolute atomic E-state index is 0.356. The van der Waals surface area contributed by atoms with Crippen molar-refractivity contribution in [2.45, 2.75) is 6.92 Å². The van der Waals surface area contributed by atoms with E-state index < -0.39 is 0 Å². The van der Waals surface area contributed by atoms with Gasteiger partial charge in [0.2, 0.25) is 5.78 Å². The largest absolute Gasteiger partial charge is 0.332 e. The number of thiophene rings is 1. The summed E-state index contributed by atoms with van der Waals surface area (Å²) in [6, 6.07) is 12.1. The van der Waals surface area contributed by atoms with Crippen LogP contribution in [0.15, 0.2) is 57.6 Å². The van der Waals surface area contributed by atoms with E-state index in [1.165, 1.54) is 11.6 Å². The molecule has 0 atom stereocenters. The number of para-hydroxylation sites is 1. The lowest BCUT2D eigenvalue weighted by Gasteiger charge is -2.10. The minimum Gasteiger partial charge on any atom is -0.279 e. The van der Waals surface area contributed by atoms with Crippen LogP contribution < -0.4 is 11.2 Å². The zero-order valence-electron chi connectivity index (χ0n) is 15.6. The van der Waals surface area contributed by atoms with E-state index in [-0.39, 0.29) is 11.2 Å². The van der Waals surface area contributed by atoms with E-state index in [9.17, 15) is 9.59 Å². The molecule has 0 amide bonds. The monoisotopic (exact) mass is 391 g/mol. The van der Waals surface area contributed by atoms with Crippen molar-refractivity contribution in [3.63, 3.8) is 0 Å². The summed E-state index contributed by atoms with van der Waals surface area (Å²) in [5.41, 5.74) is 3.05. The number of hydrogen-bond donors (Lipinski definition) is 0. The highest BCUT2D eigenvalue weighted by atomic mass is 32.1. The molecule has 0 saturated heterocycles. The Hall–Kier alpha value is -3.39. The number of hydrogen-bond acceptors (Lipinski definition) is 4. The third kappa shape index (κ3) is 2.12. The molecule has 0 aliphatic heterocycles. The maximum atomic E-state index is 12.9. The van der Waals surface area contributed by atoms with Crippen molar-refractivity contribution in [2.24, 2.45) is 14.1 Å². The van der Waals surface area contributed by atoms with Crippen LogP contribution in [0.1, 0.15) is 5.56 Å². The Morgan fingerprint density at radius 3 is 2.50 bits per heavy atom. The quantitative estimate of drug-likeness (QED) is 0.465. The van der Waals surface area contributed by atoms with E-state index in [2.05, 4.69) is 0 Å². The molecular weight excluding hydrogens is 374 g/mol. The van der Waals surface area contributed by atoms with Crippen LogP contribution in [-0.4, -0.2) is 23.1 Å². The number of aryl methyl sites for hydroxylation is 2. The highest BCUT2D eigenvalue weighted by Gasteiger charge is 2.22. The number of aromatic nitrogens is 5. The highest BCUT2D eigenvalue weighted by molar-refractivity contribution is 7.13. The van der Waals surface area contributed by atoms with Crippen molar-refractivity contribution in [3.8, 4) is 16.3 Å². The van der Waals surface area contributed by atoms with Crippen molar-refractivity contribution >= 4 is 28.3 Å². The van der Waals surface area contributed by atoms with Gasteiger partial charge in [0.1, 0.15) is 0 Å². The third-order valence-corrected chi connectivity index (χ3v) is 5.99. The van der Waals surface area contributed by atoms with Gasteiger partial charge in [0.25, 0.3) is 5.56 Å². The Morgan fingerprint density at radius 1 is 1.00 bits per heavy atom. The molecule has 0 spiro atoms. The Balaban J connectivity index is 2.02. The molecule has 0 radical (unpaired) electrons. The molecule has 5 rings (SSSR count). The lowest BCUT2D eigenvalue weighted by molar-refractivity contribution is 0.708. The van der Waals surface area contributed by atoms with Gasteiger partial charge < -0.3 is 0 Å². The zero-order chi connectivity index (χ0) is 19.6. The zero-order valence-corrected chi connectivity index (χ0v) is 16.4. The van der Waals surface area contributed by atoms with E-state index in [1.807, 2.05) is 59.5 Å². The van der Waals surface area contributed by atoms with Crippen LogP contribution in [0.5, 0.6) is 0 Å². The molecule has 0 unspecified atom stereocenters. The Kier molecular flexibility index (Phi) is 3.47. The average molecular weight is 391 g/mol. The van der Waals surface area contributed by atoms with Gasteiger partial charge in [-0.2, -0.15) is 4.98 Å². The fraction of sp³-hybridized carbons (Fsp3) is 0.150. The second-order valence-corrected chi connectivity index (χ2v) is 7.72. The van der Waals surface area contributed by atoms with E-state index in [0.29, 0.717) is 16.9 Å². The molecule has 0 fully saturated rings. The summed E-state index contributed by atoms with van der Waals surface area (Å²) in [5, 5.41) is 2.02. The van der Waals surface area contributed by atoms with E-state index in [0.717, 1.165) is 26.4 Å². The predicted molar refractivity (Wildman–Crippen MR) is 111 cm³/mol. The fourth-order valence-corrected chi connectivity index (χ4v) is 4.35. The number of rotatable bonds is 2. The summed E-state index contributed by atoms with van der Waals surface area (Å²) in [4.78, 5) is 31.0. The molecule has 7 nitrogen and oxygen atoms in total. The number of fused-ring (bicyclic) bond motifs is 3. The summed E-state index contributed by atoms with van der Waals surface area (Å²) in [6.07, 6.45) is 1.93. The molecule has 0 N–H and O–H groups in total. The van der Waals surface area contributed by atoms with Gasteiger partial charge in [0.15, 0.2) is 11.2 Å². The molecule has 28 heavy (non-hydrogen) atoms. The normalized spacial score (nSPS) is 11.7. The predicted octanol–water partition coefficient (Wildman–Crippen LogP) is 2.71. The average Bonchev–Trinajstić information content (AvgIpc) is 3.40. The lowest BCUT2D eigenvalue weighted by Crippen LogP contribution is -2.37. The maximum absolute atomic E-state index is 12.9.